The van der Waals surface area contributed by atoms with E-state index in [1.807, 2.05) is 0 Å². The van der Waals surface area contributed by atoms with E-state index in [0.29, 0.717) is 24.5 Å². The summed E-state index contributed by atoms with van der Waals surface area (Å²) in [6.45, 7) is 0.846. The normalized spacial score (nSPS) is 10.7. The number of carbonyl (C=O) groups is 1. The fourth-order valence-electron chi connectivity index (χ4n) is 1.96. The Labute approximate surface area is 132 Å². The van der Waals surface area contributed by atoms with E-state index in [9.17, 15) is 9.18 Å². The minimum Gasteiger partial charge on any atom is -0.464 e. The van der Waals surface area contributed by atoms with Crippen LogP contribution in [0.25, 0.3) is 5.69 Å². The van der Waals surface area contributed by atoms with Crippen LogP contribution in [-0.2, 0) is 20.8 Å². The summed E-state index contributed by atoms with van der Waals surface area (Å²) in [5, 5.41) is 4.16. The molecule has 7 nitrogen and oxygen atoms in total. The molecule has 1 aromatic carbocycles. The van der Waals surface area contributed by atoms with Gasteiger partial charge in [0, 0.05) is 7.11 Å². The first kappa shape index (κ1) is 16.9. The molecule has 0 bridgehead atoms. The molecule has 0 saturated heterocycles. The first-order valence-corrected chi connectivity index (χ1v) is 6.86. The third-order valence-electron chi connectivity index (χ3n) is 3.15. The third kappa shape index (κ3) is 3.85. The zero-order valence-electron chi connectivity index (χ0n) is 12.9. The molecular weight excluding hydrogens is 305 g/mol. The summed E-state index contributed by atoms with van der Waals surface area (Å²) >= 11 is 0. The lowest BCUT2D eigenvalue weighted by molar-refractivity contribution is 0.0549. The zero-order chi connectivity index (χ0) is 16.8. The molecule has 2 N–H and O–H groups in total. The number of hydrogen-bond donors (Lipinski definition) is 1. The highest BCUT2D eigenvalue weighted by molar-refractivity contribution is 5.90. The van der Waals surface area contributed by atoms with E-state index >= 15 is 0 Å². The molecule has 0 aliphatic carbocycles. The maximum absolute atomic E-state index is 13.0. The molecule has 0 aliphatic heterocycles. The van der Waals surface area contributed by atoms with Gasteiger partial charge in [0.25, 0.3) is 0 Å². The molecule has 2 rings (SSSR count). The number of ether oxygens (including phenoxy) is 3. The van der Waals surface area contributed by atoms with Crippen molar-refractivity contribution in [2.75, 3.05) is 33.2 Å². The van der Waals surface area contributed by atoms with E-state index in [4.69, 9.17) is 19.9 Å². The van der Waals surface area contributed by atoms with Crippen LogP contribution in [0.4, 0.5) is 10.2 Å². The average molecular weight is 323 g/mol. The number of aromatic nitrogens is 2. The number of hydrogen-bond acceptors (Lipinski definition) is 6. The SMILES string of the molecule is COCCOCc1c(C(=O)OC)nn(-c2ccc(F)cc2)c1N. The van der Waals surface area contributed by atoms with Gasteiger partial charge in [0.05, 0.1) is 38.2 Å². The van der Waals surface area contributed by atoms with Gasteiger partial charge in [0.2, 0.25) is 0 Å². The van der Waals surface area contributed by atoms with Gasteiger partial charge in [-0.1, -0.05) is 0 Å². The van der Waals surface area contributed by atoms with Crippen molar-refractivity contribution in [1.29, 1.82) is 0 Å². The van der Waals surface area contributed by atoms with Crippen LogP contribution in [0.5, 0.6) is 0 Å². The lowest BCUT2D eigenvalue weighted by atomic mass is 10.2. The Morgan fingerprint density at radius 2 is 1.96 bits per heavy atom. The number of benzene rings is 1. The van der Waals surface area contributed by atoms with E-state index in [0.717, 1.165) is 0 Å². The number of anilines is 1. The van der Waals surface area contributed by atoms with Gasteiger partial charge >= 0.3 is 5.97 Å². The van der Waals surface area contributed by atoms with Crippen LogP contribution in [0.1, 0.15) is 16.1 Å². The molecule has 124 valence electrons. The molecule has 0 aliphatic rings. The largest absolute Gasteiger partial charge is 0.464 e. The monoisotopic (exact) mass is 323 g/mol. The number of nitrogens with zero attached hydrogens (tertiary/aromatic N) is 2. The maximum atomic E-state index is 13.0. The van der Waals surface area contributed by atoms with Gasteiger partial charge in [-0.25, -0.2) is 13.9 Å². The van der Waals surface area contributed by atoms with Crippen LogP contribution in [0.15, 0.2) is 24.3 Å². The molecule has 0 spiro atoms. The van der Waals surface area contributed by atoms with Gasteiger partial charge in [-0.05, 0) is 24.3 Å². The van der Waals surface area contributed by atoms with Gasteiger partial charge in [-0.3, -0.25) is 0 Å². The number of methoxy groups -OCH3 is 2. The quantitative estimate of drug-likeness (QED) is 0.614. The molecule has 2 aromatic rings. The fraction of sp³-hybridized carbons (Fsp3) is 0.333. The minimum absolute atomic E-state index is 0.0618. The second-order valence-corrected chi connectivity index (χ2v) is 4.64. The van der Waals surface area contributed by atoms with E-state index in [1.165, 1.54) is 36.1 Å². The Morgan fingerprint density at radius 1 is 1.26 bits per heavy atom. The van der Waals surface area contributed by atoms with Crippen LogP contribution in [0, 0.1) is 5.82 Å². The lowest BCUT2D eigenvalue weighted by Crippen LogP contribution is -2.09. The van der Waals surface area contributed by atoms with Crippen molar-refractivity contribution in [1.82, 2.24) is 9.78 Å². The highest BCUT2D eigenvalue weighted by atomic mass is 19.1. The Morgan fingerprint density at radius 3 is 2.57 bits per heavy atom. The standard InChI is InChI=1S/C15H18FN3O4/c1-21-7-8-23-9-12-13(15(20)22-2)18-19(14(12)17)11-5-3-10(16)4-6-11/h3-6H,7-9,17H2,1-2H3. The summed E-state index contributed by atoms with van der Waals surface area (Å²) < 4.78 is 29.4. The molecule has 23 heavy (non-hydrogen) atoms. The Balaban J connectivity index is 2.35. The molecule has 1 aromatic heterocycles. The highest BCUT2D eigenvalue weighted by Gasteiger charge is 2.23. The van der Waals surface area contributed by atoms with Crippen LogP contribution in [0.2, 0.25) is 0 Å². The maximum Gasteiger partial charge on any atom is 0.359 e. The predicted molar refractivity (Wildman–Crippen MR) is 80.8 cm³/mol. The van der Waals surface area contributed by atoms with Crippen LogP contribution in [0.3, 0.4) is 0 Å². The van der Waals surface area contributed by atoms with E-state index in [1.54, 1.807) is 7.11 Å². The number of nitrogens with two attached hydrogens (primary N) is 1. The molecule has 0 fully saturated rings. The number of halogens is 1. The fourth-order valence-corrected chi connectivity index (χ4v) is 1.96. The lowest BCUT2D eigenvalue weighted by Gasteiger charge is -2.06. The zero-order valence-corrected chi connectivity index (χ0v) is 12.9. The second kappa shape index (κ2) is 7.70. The van der Waals surface area contributed by atoms with E-state index < -0.39 is 5.97 Å². The number of esters is 1. The summed E-state index contributed by atoms with van der Waals surface area (Å²) in [5.41, 5.74) is 7.07. The molecule has 1 heterocycles. The van der Waals surface area contributed by atoms with Crippen molar-refractivity contribution < 1.29 is 23.4 Å². The number of carbonyl (C=O) groups excluding carboxylic acids is 1. The van der Waals surface area contributed by atoms with Gasteiger partial charge in [0.1, 0.15) is 11.6 Å². The Kier molecular flexibility index (Phi) is 5.67. The van der Waals surface area contributed by atoms with E-state index in [-0.39, 0.29) is 23.9 Å². The molecule has 0 radical (unpaired) electrons. The molecular formula is C15H18FN3O4. The van der Waals surface area contributed by atoms with Crippen molar-refractivity contribution in [3.63, 3.8) is 0 Å². The molecule has 0 saturated carbocycles. The van der Waals surface area contributed by atoms with Crippen molar-refractivity contribution in [2.45, 2.75) is 6.61 Å². The van der Waals surface area contributed by atoms with Gasteiger partial charge in [-0.2, -0.15) is 5.10 Å². The first-order chi connectivity index (χ1) is 11.1. The number of rotatable bonds is 7. The summed E-state index contributed by atoms with van der Waals surface area (Å²) in [6.07, 6.45) is 0. The minimum atomic E-state index is -0.622. The Bertz CT molecular complexity index is 670. The highest BCUT2D eigenvalue weighted by Crippen LogP contribution is 2.23. The summed E-state index contributed by atoms with van der Waals surface area (Å²) in [7, 11) is 2.81. The van der Waals surface area contributed by atoms with Crippen LogP contribution >= 0.6 is 0 Å². The van der Waals surface area contributed by atoms with Crippen LogP contribution < -0.4 is 5.73 Å². The Hall–Kier alpha value is -2.45. The molecule has 0 atom stereocenters. The smallest absolute Gasteiger partial charge is 0.359 e. The topological polar surface area (TPSA) is 88.6 Å². The first-order valence-electron chi connectivity index (χ1n) is 6.86. The molecule has 0 unspecified atom stereocenters. The van der Waals surface area contributed by atoms with Crippen molar-refractivity contribution >= 4 is 11.8 Å². The summed E-state index contributed by atoms with van der Waals surface area (Å²) in [6, 6.07) is 5.58. The van der Waals surface area contributed by atoms with Gasteiger partial charge < -0.3 is 19.9 Å². The van der Waals surface area contributed by atoms with Gasteiger partial charge in [0.15, 0.2) is 5.69 Å². The second-order valence-electron chi connectivity index (χ2n) is 4.64. The summed E-state index contributed by atoms with van der Waals surface area (Å²) in [4.78, 5) is 11.9. The summed E-state index contributed by atoms with van der Waals surface area (Å²) in [5.74, 6) is -0.770. The third-order valence-corrected chi connectivity index (χ3v) is 3.15. The van der Waals surface area contributed by atoms with E-state index in [2.05, 4.69) is 5.10 Å². The average Bonchev–Trinajstić information content (AvgIpc) is 2.88. The van der Waals surface area contributed by atoms with Crippen LogP contribution in [-0.4, -0.2) is 43.2 Å². The molecule has 0 amide bonds. The van der Waals surface area contributed by atoms with Crippen molar-refractivity contribution in [3.05, 3.63) is 41.3 Å². The molecule has 8 heteroatoms. The number of nitrogen functional groups attached to an aromatic ring is 1. The van der Waals surface area contributed by atoms with Gasteiger partial charge in [-0.15, -0.1) is 0 Å². The predicted octanol–water partition coefficient (Wildman–Crippen LogP) is 1.54. The van der Waals surface area contributed by atoms with Crippen molar-refractivity contribution in [2.24, 2.45) is 0 Å². The van der Waals surface area contributed by atoms with Crippen molar-refractivity contribution in [3.8, 4) is 5.69 Å².